The summed E-state index contributed by atoms with van der Waals surface area (Å²) in [5.74, 6) is -0.577. The molecule has 0 unspecified atom stereocenters. The van der Waals surface area contributed by atoms with Crippen molar-refractivity contribution in [2.75, 3.05) is 0 Å². The molecule has 0 saturated carbocycles. The normalized spacial score (nSPS) is 11.0. The topological polar surface area (TPSA) is 49.4 Å². The Morgan fingerprint density at radius 2 is 1.57 bits per heavy atom. The fourth-order valence-electron chi connectivity index (χ4n) is 2.03. The third-order valence-corrected chi connectivity index (χ3v) is 3.69. The van der Waals surface area contributed by atoms with Gasteiger partial charge in [0.25, 0.3) is 11.8 Å². The Labute approximate surface area is 144 Å². The van der Waals surface area contributed by atoms with E-state index in [1.54, 1.807) is 42.5 Å². The van der Waals surface area contributed by atoms with Crippen LogP contribution in [0.25, 0.3) is 0 Å². The van der Waals surface area contributed by atoms with Gasteiger partial charge in [0.2, 0.25) is 0 Å². The summed E-state index contributed by atoms with van der Waals surface area (Å²) >= 11 is 3.36. The molecule has 0 heterocycles. The molecule has 0 bridgehead atoms. The number of nitrogens with one attached hydrogen (secondary N) is 1. The van der Waals surface area contributed by atoms with Crippen LogP contribution in [0.2, 0.25) is 0 Å². The summed E-state index contributed by atoms with van der Waals surface area (Å²) in [7, 11) is 0. The highest BCUT2D eigenvalue weighted by Crippen LogP contribution is 2.18. The van der Waals surface area contributed by atoms with E-state index in [-0.39, 0.29) is 11.8 Å². The largest absolute Gasteiger partial charge is 0.272 e. The van der Waals surface area contributed by atoms with Crippen LogP contribution >= 0.6 is 15.9 Å². The first kappa shape index (κ1) is 17.2. The number of amides is 2. The monoisotopic (exact) mass is 374 g/mol. The molecule has 0 spiro atoms. The second-order valence-electron chi connectivity index (χ2n) is 6.13. The molecule has 0 aliphatic heterocycles. The standard InChI is InChI=1S/C18H19BrN2O2/c1-18(2,3)21(17(23)14-10-7-11-15(19)12-14)20-16(22)13-8-5-4-6-9-13/h4-12H,1-3H3,(H,20,22). The van der Waals surface area contributed by atoms with Crippen molar-refractivity contribution in [3.05, 3.63) is 70.2 Å². The maximum Gasteiger partial charge on any atom is 0.272 e. The zero-order valence-corrected chi connectivity index (χ0v) is 14.9. The Balaban J connectivity index is 2.28. The van der Waals surface area contributed by atoms with Crippen LogP contribution in [0, 0.1) is 0 Å². The Morgan fingerprint density at radius 1 is 0.957 bits per heavy atom. The Morgan fingerprint density at radius 3 is 2.13 bits per heavy atom. The first-order valence-corrected chi connectivity index (χ1v) is 8.04. The van der Waals surface area contributed by atoms with Crippen LogP contribution in [0.15, 0.2) is 59.1 Å². The van der Waals surface area contributed by atoms with Crippen LogP contribution in [0.4, 0.5) is 0 Å². The van der Waals surface area contributed by atoms with Gasteiger partial charge in [-0.1, -0.05) is 40.2 Å². The van der Waals surface area contributed by atoms with E-state index in [4.69, 9.17) is 0 Å². The van der Waals surface area contributed by atoms with Gasteiger partial charge < -0.3 is 0 Å². The number of rotatable bonds is 2. The third kappa shape index (κ3) is 4.42. The van der Waals surface area contributed by atoms with Crippen LogP contribution in [0.3, 0.4) is 0 Å². The first-order valence-electron chi connectivity index (χ1n) is 7.25. The van der Waals surface area contributed by atoms with Gasteiger partial charge >= 0.3 is 0 Å². The first-order chi connectivity index (χ1) is 10.8. The molecule has 120 valence electrons. The number of hydrogen-bond acceptors (Lipinski definition) is 2. The molecular formula is C18H19BrN2O2. The highest BCUT2D eigenvalue weighted by molar-refractivity contribution is 9.10. The summed E-state index contributed by atoms with van der Waals surface area (Å²) in [6.45, 7) is 5.61. The van der Waals surface area contributed by atoms with Crippen LogP contribution < -0.4 is 5.43 Å². The predicted molar refractivity (Wildman–Crippen MR) is 94.0 cm³/mol. The van der Waals surface area contributed by atoms with Gasteiger partial charge in [0, 0.05) is 15.6 Å². The van der Waals surface area contributed by atoms with Crippen molar-refractivity contribution < 1.29 is 9.59 Å². The number of nitrogens with zero attached hydrogens (tertiary/aromatic N) is 1. The minimum absolute atomic E-state index is 0.261. The van der Waals surface area contributed by atoms with Gasteiger partial charge in [-0.3, -0.25) is 15.0 Å². The minimum Gasteiger partial charge on any atom is -0.267 e. The SMILES string of the molecule is CC(C)(C)N(NC(=O)c1ccccc1)C(=O)c1cccc(Br)c1. The van der Waals surface area contributed by atoms with E-state index in [1.165, 1.54) is 5.01 Å². The lowest BCUT2D eigenvalue weighted by Gasteiger charge is -2.35. The van der Waals surface area contributed by atoms with Gasteiger partial charge in [-0.25, -0.2) is 5.01 Å². The number of hydrogen-bond donors (Lipinski definition) is 1. The number of carbonyl (C=O) groups is 2. The number of carbonyl (C=O) groups excluding carboxylic acids is 2. The van der Waals surface area contributed by atoms with Crippen molar-refractivity contribution in [3.8, 4) is 0 Å². The average molecular weight is 375 g/mol. The summed E-state index contributed by atoms with van der Waals surface area (Å²) in [6.07, 6.45) is 0. The number of halogens is 1. The van der Waals surface area contributed by atoms with E-state index < -0.39 is 5.54 Å². The van der Waals surface area contributed by atoms with E-state index in [0.29, 0.717) is 11.1 Å². The summed E-state index contributed by atoms with van der Waals surface area (Å²) in [4.78, 5) is 25.2. The molecule has 0 aromatic heterocycles. The lowest BCUT2D eigenvalue weighted by Crippen LogP contribution is -2.55. The molecule has 4 nitrogen and oxygen atoms in total. The van der Waals surface area contributed by atoms with Crippen LogP contribution in [0.5, 0.6) is 0 Å². The van der Waals surface area contributed by atoms with Crippen LogP contribution in [-0.2, 0) is 0 Å². The lowest BCUT2D eigenvalue weighted by atomic mass is 10.1. The van der Waals surface area contributed by atoms with Crippen molar-refractivity contribution >= 4 is 27.7 Å². The summed E-state index contributed by atoms with van der Waals surface area (Å²) < 4.78 is 0.812. The van der Waals surface area contributed by atoms with E-state index in [9.17, 15) is 9.59 Å². The number of benzene rings is 2. The third-order valence-electron chi connectivity index (χ3n) is 3.19. The van der Waals surface area contributed by atoms with Crippen LogP contribution in [-0.4, -0.2) is 22.4 Å². The van der Waals surface area contributed by atoms with Crippen molar-refractivity contribution in [2.24, 2.45) is 0 Å². The lowest BCUT2D eigenvalue weighted by molar-refractivity contribution is 0.0358. The van der Waals surface area contributed by atoms with Crippen molar-refractivity contribution in [1.82, 2.24) is 10.4 Å². The Kier molecular flexibility index (Phi) is 5.21. The molecular weight excluding hydrogens is 356 g/mol. The summed E-state index contributed by atoms with van der Waals surface area (Å²) in [5.41, 5.74) is 3.16. The van der Waals surface area contributed by atoms with E-state index in [0.717, 1.165) is 4.47 Å². The molecule has 0 aliphatic rings. The molecule has 2 aromatic carbocycles. The van der Waals surface area contributed by atoms with Gasteiger partial charge in [0.05, 0.1) is 5.54 Å². The van der Waals surface area contributed by atoms with Crippen molar-refractivity contribution in [3.63, 3.8) is 0 Å². The molecule has 0 saturated heterocycles. The van der Waals surface area contributed by atoms with Gasteiger partial charge in [-0.2, -0.15) is 0 Å². The highest BCUT2D eigenvalue weighted by atomic mass is 79.9. The molecule has 0 atom stereocenters. The van der Waals surface area contributed by atoms with Crippen molar-refractivity contribution in [1.29, 1.82) is 0 Å². The van der Waals surface area contributed by atoms with Crippen molar-refractivity contribution in [2.45, 2.75) is 26.3 Å². The van der Waals surface area contributed by atoms with Crippen LogP contribution in [0.1, 0.15) is 41.5 Å². The minimum atomic E-state index is -0.566. The van der Waals surface area contributed by atoms with E-state index in [1.807, 2.05) is 32.9 Å². The van der Waals surface area contributed by atoms with Gasteiger partial charge in [-0.15, -0.1) is 0 Å². The van der Waals surface area contributed by atoms with Gasteiger partial charge in [-0.05, 0) is 51.1 Å². The molecule has 0 radical (unpaired) electrons. The number of hydrazine groups is 1. The predicted octanol–water partition coefficient (Wildman–Crippen LogP) is 4.03. The second kappa shape index (κ2) is 6.96. The van der Waals surface area contributed by atoms with Gasteiger partial charge in [0.1, 0.15) is 0 Å². The fraction of sp³-hybridized carbons (Fsp3) is 0.222. The Bertz CT molecular complexity index is 708. The molecule has 1 N–H and O–H groups in total. The zero-order chi connectivity index (χ0) is 17.0. The second-order valence-corrected chi connectivity index (χ2v) is 7.04. The molecule has 2 aromatic rings. The van der Waals surface area contributed by atoms with E-state index in [2.05, 4.69) is 21.4 Å². The average Bonchev–Trinajstić information content (AvgIpc) is 2.51. The summed E-state index contributed by atoms with van der Waals surface area (Å²) in [5, 5.41) is 1.37. The summed E-state index contributed by atoms with van der Waals surface area (Å²) in [6, 6.07) is 15.9. The molecule has 2 amide bonds. The maximum absolute atomic E-state index is 12.8. The maximum atomic E-state index is 12.8. The molecule has 2 rings (SSSR count). The molecule has 0 fully saturated rings. The molecule has 0 aliphatic carbocycles. The molecule has 5 heteroatoms. The molecule has 23 heavy (non-hydrogen) atoms. The zero-order valence-electron chi connectivity index (χ0n) is 13.3. The van der Waals surface area contributed by atoms with E-state index >= 15 is 0 Å². The Hall–Kier alpha value is -2.14. The fourth-order valence-corrected chi connectivity index (χ4v) is 2.43. The van der Waals surface area contributed by atoms with Gasteiger partial charge in [0.15, 0.2) is 0 Å². The smallest absolute Gasteiger partial charge is 0.267 e. The quantitative estimate of drug-likeness (QED) is 0.806. The highest BCUT2D eigenvalue weighted by Gasteiger charge is 2.29.